The number of unbranched alkanes of at least 4 members (excludes halogenated alkanes) is 2. The number of aliphatic carboxylic acids is 1. The molecule has 4 amide bonds. The number of nitrogens with zero attached hydrogens (tertiary/aromatic N) is 1. The number of carboxylic acids is 1. The van der Waals surface area contributed by atoms with Gasteiger partial charge in [-0.3, -0.25) is 9.59 Å². The molecule has 0 unspecified atom stereocenters. The van der Waals surface area contributed by atoms with E-state index in [0.29, 0.717) is 12.0 Å². The normalized spacial score (nSPS) is 15.6. The topological polar surface area (TPSA) is 188 Å². The van der Waals surface area contributed by atoms with Gasteiger partial charge in [0.2, 0.25) is 11.8 Å². The maximum absolute atomic E-state index is 13.5. The zero-order valence-electron chi connectivity index (χ0n) is 24.2. The van der Waals surface area contributed by atoms with Gasteiger partial charge < -0.3 is 35.5 Å². The Kier molecular flexibility index (Phi) is 14.4. The molecule has 3 atom stereocenters. The van der Waals surface area contributed by atoms with E-state index < -0.39 is 57.5 Å². The first kappa shape index (κ1) is 34.7. The molecule has 2 rings (SSSR count). The first-order chi connectivity index (χ1) is 19.9. The van der Waals surface area contributed by atoms with Crippen LogP contribution in [0.25, 0.3) is 0 Å². The number of carbonyl (C=O) groups is 5. The van der Waals surface area contributed by atoms with E-state index in [9.17, 15) is 37.5 Å². The Bertz CT molecular complexity index is 1170. The van der Waals surface area contributed by atoms with Gasteiger partial charge in [0.15, 0.2) is 9.84 Å². The summed E-state index contributed by atoms with van der Waals surface area (Å²) in [5, 5.41) is 16.9. The van der Waals surface area contributed by atoms with Gasteiger partial charge in [0.1, 0.15) is 23.9 Å². The Morgan fingerprint density at radius 2 is 1.52 bits per heavy atom. The van der Waals surface area contributed by atoms with E-state index >= 15 is 0 Å². The summed E-state index contributed by atoms with van der Waals surface area (Å²) in [7, 11) is -3.93. The number of benzene rings is 1. The molecule has 13 nitrogen and oxygen atoms in total. The molecule has 0 radical (unpaired) electrons. The van der Waals surface area contributed by atoms with Gasteiger partial charge in [-0.05, 0) is 25.3 Å². The third kappa shape index (κ3) is 12.6. The van der Waals surface area contributed by atoms with Crippen LogP contribution in [0, 0.1) is 0 Å². The van der Waals surface area contributed by atoms with Crippen LogP contribution in [-0.2, 0) is 39.5 Å². The van der Waals surface area contributed by atoms with Crippen LogP contribution in [0.4, 0.5) is 4.79 Å². The van der Waals surface area contributed by atoms with Gasteiger partial charge in [-0.25, -0.2) is 18.0 Å². The summed E-state index contributed by atoms with van der Waals surface area (Å²) in [5.41, 5.74) is 0.498. The van der Waals surface area contributed by atoms with E-state index in [2.05, 4.69) is 16.0 Å². The molecule has 4 N–H and O–H groups in total. The van der Waals surface area contributed by atoms with Crippen molar-refractivity contribution in [2.24, 2.45) is 0 Å². The van der Waals surface area contributed by atoms with Crippen molar-refractivity contribution in [3.63, 3.8) is 0 Å². The van der Waals surface area contributed by atoms with Crippen molar-refractivity contribution in [1.82, 2.24) is 20.9 Å². The van der Waals surface area contributed by atoms with Crippen LogP contribution in [0.15, 0.2) is 30.3 Å². The first-order valence-electron chi connectivity index (χ1n) is 14.1. The Morgan fingerprint density at radius 3 is 2.12 bits per heavy atom. The summed E-state index contributed by atoms with van der Waals surface area (Å²) >= 11 is 0. The van der Waals surface area contributed by atoms with E-state index in [4.69, 9.17) is 4.74 Å². The van der Waals surface area contributed by atoms with Gasteiger partial charge in [-0.2, -0.15) is 0 Å². The van der Waals surface area contributed by atoms with Crippen LogP contribution in [-0.4, -0.2) is 98.2 Å². The lowest BCUT2D eigenvalue weighted by atomic mass is 10.1. The third-order valence-corrected chi connectivity index (χ3v) is 8.31. The molecule has 42 heavy (non-hydrogen) atoms. The largest absolute Gasteiger partial charge is 0.480 e. The van der Waals surface area contributed by atoms with Crippen molar-refractivity contribution in [3.8, 4) is 0 Å². The smallest absolute Gasteiger partial charge is 0.326 e. The third-order valence-electron chi connectivity index (χ3n) is 6.69. The average molecular weight is 611 g/mol. The summed E-state index contributed by atoms with van der Waals surface area (Å²) < 4.78 is 31.4. The molecule has 0 spiro atoms. The molecule has 0 saturated carbocycles. The van der Waals surface area contributed by atoms with Crippen molar-refractivity contribution >= 4 is 39.4 Å². The molecule has 0 aromatic heterocycles. The number of hydrogen-bond acceptors (Lipinski definition) is 8. The Hall–Kier alpha value is -3.52. The van der Waals surface area contributed by atoms with Gasteiger partial charge >= 0.3 is 12.0 Å². The fourth-order valence-corrected chi connectivity index (χ4v) is 5.91. The van der Waals surface area contributed by atoms with Crippen LogP contribution in [0.5, 0.6) is 0 Å². The highest BCUT2D eigenvalue weighted by Crippen LogP contribution is 2.10. The SMILES string of the molecule is CCCCC[C@H](NC(=O)[C@H](CCC(C)=O)NC(=O)[C@H](CS(=O)(=O)Cc1ccccc1)NC(=O)N1CCOCC1)C(=O)O. The molecule has 1 aliphatic rings. The lowest BCUT2D eigenvalue weighted by Crippen LogP contribution is -2.59. The maximum atomic E-state index is 13.5. The molecule has 14 heteroatoms. The number of Topliss-reactive ketones (excluding diaryl/α,β-unsaturated/α-hetero) is 1. The molecule has 1 fully saturated rings. The molecule has 0 aliphatic carbocycles. The molecule has 1 aliphatic heterocycles. The number of sulfone groups is 1. The van der Waals surface area contributed by atoms with Crippen molar-refractivity contribution < 1.29 is 42.2 Å². The van der Waals surface area contributed by atoms with E-state index in [1.54, 1.807) is 30.3 Å². The monoisotopic (exact) mass is 610 g/mol. The minimum absolute atomic E-state index is 0.0942. The van der Waals surface area contributed by atoms with Gasteiger partial charge in [0.05, 0.1) is 24.7 Å². The highest BCUT2D eigenvalue weighted by molar-refractivity contribution is 7.90. The van der Waals surface area contributed by atoms with E-state index in [1.807, 2.05) is 6.92 Å². The zero-order valence-corrected chi connectivity index (χ0v) is 25.0. The van der Waals surface area contributed by atoms with Crippen LogP contribution in [0.1, 0.15) is 57.9 Å². The predicted octanol–water partition coefficient (Wildman–Crippen LogP) is 1.02. The predicted molar refractivity (Wildman–Crippen MR) is 154 cm³/mol. The van der Waals surface area contributed by atoms with Crippen LogP contribution in [0.3, 0.4) is 0 Å². The second kappa shape index (κ2) is 17.4. The second-order valence-electron chi connectivity index (χ2n) is 10.3. The molecule has 0 bridgehead atoms. The van der Waals surface area contributed by atoms with Gasteiger partial charge in [0, 0.05) is 19.5 Å². The molecule has 234 valence electrons. The number of morpholine rings is 1. The number of rotatable bonds is 17. The summed E-state index contributed by atoms with van der Waals surface area (Å²) in [6.07, 6.45) is 2.12. The van der Waals surface area contributed by atoms with E-state index in [-0.39, 0.29) is 57.1 Å². The molecular formula is C28H42N4O9S. The van der Waals surface area contributed by atoms with Crippen molar-refractivity contribution in [2.75, 3.05) is 32.1 Å². The minimum atomic E-state index is -3.93. The van der Waals surface area contributed by atoms with Gasteiger partial charge in [-0.15, -0.1) is 0 Å². The van der Waals surface area contributed by atoms with Crippen LogP contribution in [0.2, 0.25) is 0 Å². The number of carbonyl (C=O) groups excluding carboxylic acids is 4. The Balaban J connectivity index is 2.25. The lowest BCUT2D eigenvalue weighted by Gasteiger charge is -2.29. The summed E-state index contributed by atoms with van der Waals surface area (Å²) in [4.78, 5) is 64.3. The standard InChI is InChI=1S/C28H42N4O9S/c1-3-4-6-11-23(27(36)37)30-25(34)22(13-12-20(2)33)29-26(35)24(31-28(38)32-14-16-41-17-15-32)19-42(39,40)18-21-9-7-5-8-10-21/h5,7-10,22-24H,3-4,6,11-19H2,1-2H3,(H,29,35)(H,30,34)(H,31,38)(H,36,37)/t22-,23-,24-/m0/s1. The number of nitrogens with one attached hydrogen (secondary N) is 3. The van der Waals surface area contributed by atoms with Crippen LogP contribution >= 0.6 is 0 Å². The molecule has 1 aromatic rings. The highest BCUT2D eigenvalue weighted by atomic mass is 32.2. The number of urea groups is 1. The van der Waals surface area contributed by atoms with Crippen molar-refractivity contribution in [3.05, 3.63) is 35.9 Å². The highest BCUT2D eigenvalue weighted by Gasteiger charge is 2.33. The fraction of sp³-hybridized carbons (Fsp3) is 0.607. The quantitative estimate of drug-likeness (QED) is 0.187. The number of ether oxygens (including phenoxy) is 1. The van der Waals surface area contributed by atoms with Gasteiger partial charge in [-0.1, -0.05) is 56.5 Å². The molecule has 1 heterocycles. The molecular weight excluding hydrogens is 568 g/mol. The maximum Gasteiger partial charge on any atom is 0.326 e. The van der Waals surface area contributed by atoms with E-state index in [0.717, 1.165) is 12.8 Å². The van der Waals surface area contributed by atoms with Gasteiger partial charge in [0.25, 0.3) is 0 Å². The zero-order chi connectivity index (χ0) is 31.1. The first-order valence-corrected chi connectivity index (χ1v) is 15.9. The lowest BCUT2D eigenvalue weighted by molar-refractivity contribution is -0.142. The summed E-state index contributed by atoms with van der Waals surface area (Å²) in [6.45, 7) is 4.32. The number of ketones is 1. The van der Waals surface area contributed by atoms with Crippen molar-refractivity contribution in [1.29, 1.82) is 0 Å². The number of amides is 4. The molecule has 1 saturated heterocycles. The fourth-order valence-electron chi connectivity index (χ4n) is 4.35. The van der Waals surface area contributed by atoms with Crippen molar-refractivity contribution in [2.45, 2.75) is 76.3 Å². The molecule has 1 aromatic carbocycles. The summed E-state index contributed by atoms with van der Waals surface area (Å²) in [6, 6.07) is 3.57. The van der Waals surface area contributed by atoms with E-state index in [1.165, 1.54) is 11.8 Å². The summed E-state index contributed by atoms with van der Waals surface area (Å²) in [5.74, 6) is -4.40. The number of carboxylic acid groups (broad SMARTS) is 1. The Labute approximate surface area is 246 Å². The second-order valence-corrected chi connectivity index (χ2v) is 12.4. The average Bonchev–Trinajstić information content (AvgIpc) is 2.94. The van der Waals surface area contributed by atoms with Crippen LogP contribution < -0.4 is 16.0 Å². The minimum Gasteiger partial charge on any atom is -0.480 e. The number of hydrogen-bond donors (Lipinski definition) is 4. The Morgan fingerprint density at radius 1 is 0.905 bits per heavy atom.